The van der Waals surface area contributed by atoms with Crippen LogP contribution in [0.5, 0.6) is 0 Å². The van der Waals surface area contributed by atoms with Crippen LogP contribution in [0.3, 0.4) is 0 Å². The van der Waals surface area contributed by atoms with Crippen molar-refractivity contribution in [2.45, 2.75) is 58.8 Å². The number of halogens is 1. The normalized spacial score (nSPS) is 16.0. The van der Waals surface area contributed by atoms with E-state index in [1.807, 2.05) is 38.1 Å². The maximum absolute atomic E-state index is 12.8. The summed E-state index contributed by atoms with van der Waals surface area (Å²) >= 11 is 5.98. The largest absolute Gasteiger partial charge is 0.481 e. The number of Topliss-reactive ketones (excluding diaryl/α,β-unsaturated/α-hetero) is 1. The smallest absolute Gasteiger partial charge is 0.310 e. The number of benzene rings is 2. The standard InChI is InChI=1S/C24H27ClO3/c1-16-12-19(18-6-8-20(25)9-7-18)13-17(2)22(16)14-21(26)15-24(23(27)28)10-4-3-5-11-24/h6-9,12-13H,3-5,10-11,14-15H2,1-2H3,(H,27,28). The van der Waals surface area contributed by atoms with Gasteiger partial charge in [0.1, 0.15) is 5.78 Å². The molecule has 3 nitrogen and oxygen atoms in total. The Kier molecular flexibility index (Phi) is 6.24. The molecule has 2 aromatic rings. The molecule has 0 amide bonds. The molecular weight excluding hydrogens is 372 g/mol. The zero-order chi connectivity index (χ0) is 20.3. The molecule has 1 N–H and O–H groups in total. The molecule has 2 aromatic carbocycles. The predicted molar refractivity (Wildman–Crippen MR) is 113 cm³/mol. The fourth-order valence-electron chi connectivity index (χ4n) is 4.41. The molecule has 148 valence electrons. The molecule has 1 fully saturated rings. The summed E-state index contributed by atoms with van der Waals surface area (Å²) < 4.78 is 0. The van der Waals surface area contributed by atoms with Crippen LogP contribution in [0.2, 0.25) is 5.02 Å². The first-order valence-electron chi connectivity index (χ1n) is 9.92. The predicted octanol–water partition coefficient (Wildman–Crippen LogP) is 6.16. The highest BCUT2D eigenvalue weighted by atomic mass is 35.5. The number of rotatable bonds is 6. The van der Waals surface area contributed by atoms with E-state index < -0.39 is 11.4 Å². The summed E-state index contributed by atoms with van der Waals surface area (Å²) in [6.07, 6.45) is 4.52. The Morgan fingerprint density at radius 1 is 0.964 bits per heavy atom. The van der Waals surface area contributed by atoms with Gasteiger partial charge in [-0.15, -0.1) is 0 Å². The fourth-order valence-corrected chi connectivity index (χ4v) is 4.54. The van der Waals surface area contributed by atoms with Crippen LogP contribution >= 0.6 is 11.6 Å². The highest BCUT2D eigenvalue weighted by Crippen LogP contribution is 2.40. The monoisotopic (exact) mass is 398 g/mol. The summed E-state index contributed by atoms with van der Waals surface area (Å²) in [5.41, 5.74) is 4.45. The first-order chi connectivity index (χ1) is 13.3. The molecular formula is C24H27ClO3. The molecule has 1 aliphatic carbocycles. The lowest BCUT2D eigenvalue weighted by molar-refractivity contribution is -0.153. The van der Waals surface area contributed by atoms with Gasteiger partial charge in [-0.2, -0.15) is 0 Å². The number of aliphatic carboxylic acids is 1. The molecule has 0 bridgehead atoms. The van der Waals surface area contributed by atoms with E-state index in [0.717, 1.165) is 47.1 Å². The Morgan fingerprint density at radius 3 is 2.07 bits per heavy atom. The fraction of sp³-hybridized carbons (Fsp3) is 0.417. The molecule has 0 heterocycles. The molecule has 4 heteroatoms. The van der Waals surface area contributed by atoms with Crippen molar-refractivity contribution in [3.63, 3.8) is 0 Å². The van der Waals surface area contributed by atoms with Crippen LogP contribution in [-0.4, -0.2) is 16.9 Å². The third-order valence-electron chi connectivity index (χ3n) is 6.05. The van der Waals surface area contributed by atoms with Crippen molar-refractivity contribution < 1.29 is 14.7 Å². The van der Waals surface area contributed by atoms with Crippen LogP contribution in [0.1, 0.15) is 55.2 Å². The summed E-state index contributed by atoms with van der Waals surface area (Å²) in [6, 6.07) is 11.9. The van der Waals surface area contributed by atoms with Crippen LogP contribution in [0.25, 0.3) is 11.1 Å². The van der Waals surface area contributed by atoms with E-state index in [0.29, 0.717) is 24.3 Å². The van der Waals surface area contributed by atoms with Gasteiger partial charge in [0, 0.05) is 17.9 Å². The molecule has 0 aromatic heterocycles. The lowest BCUT2D eigenvalue weighted by atomic mass is 9.70. The van der Waals surface area contributed by atoms with Crippen molar-refractivity contribution >= 4 is 23.4 Å². The molecule has 0 spiro atoms. The van der Waals surface area contributed by atoms with Gasteiger partial charge < -0.3 is 5.11 Å². The molecule has 0 saturated heterocycles. The number of hydrogen-bond acceptors (Lipinski definition) is 2. The number of aryl methyl sites for hydroxylation is 2. The van der Waals surface area contributed by atoms with Gasteiger partial charge in [-0.1, -0.05) is 55.1 Å². The van der Waals surface area contributed by atoms with Crippen molar-refractivity contribution in [1.82, 2.24) is 0 Å². The second-order valence-electron chi connectivity index (χ2n) is 8.13. The van der Waals surface area contributed by atoms with Crippen molar-refractivity contribution in [1.29, 1.82) is 0 Å². The Morgan fingerprint density at radius 2 is 1.54 bits per heavy atom. The summed E-state index contributed by atoms with van der Waals surface area (Å²) in [7, 11) is 0. The van der Waals surface area contributed by atoms with Gasteiger partial charge >= 0.3 is 5.97 Å². The third kappa shape index (κ3) is 4.47. The van der Waals surface area contributed by atoms with Gasteiger partial charge in [0.05, 0.1) is 5.41 Å². The van der Waals surface area contributed by atoms with E-state index in [2.05, 4.69) is 12.1 Å². The number of ketones is 1. The lowest BCUT2D eigenvalue weighted by Crippen LogP contribution is -2.36. The van der Waals surface area contributed by atoms with Gasteiger partial charge in [-0.3, -0.25) is 9.59 Å². The van der Waals surface area contributed by atoms with E-state index in [1.165, 1.54) is 0 Å². The zero-order valence-corrected chi connectivity index (χ0v) is 17.3. The maximum atomic E-state index is 12.8. The molecule has 0 atom stereocenters. The summed E-state index contributed by atoms with van der Waals surface area (Å²) in [5, 5.41) is 10.4. The first-order valence-corrected chi connectivity index (χ1v) is 10.3. The van der Waals surface area contributed by atoms with Crippen molar-refractivity contribution in [3.8, 4) is 11.1 Å². The number of carboxylic acids is 1. The Bertz CT molecular complexity index is 854. The maximum Gasteiger partial charge on any atom is 0.310 e. The minimum Gasteiger partial charge on any atom is -0.481 e. The van der Waals surface area contributed by atoms with E-state index in [-0.39, 0.29) is 12.2 Å². The molecule has 28 heavy (non-hydrogen) atoms. The van der Waals surface area contributed by atoms with Crippen LogP contribution in [0, 0.1) is 19.3 Å². The van der Waals surface area contributed by atoms with Crippen LogP contribution in [0.15, 0.2) is 36.4 Å². The van der Waals surface area contributed by atoms with Gasteiger partial charge in [-0.25, -0.2) is 0 Å². The van der Waals surface area contributed by atoms with E-state index in [4.69, 9.17) is 11.6 Å². The number of carbonyl (C=O) groups excluding carboxylic acids is 1. The van der Waals surface area contributed by atoms with Crippen molar-refractivity contribution in [2.24, 2.45) is 5.41 Å². The third-order valence-corrected chi connectivity index (χ3v) is 6.30. The lowest BCUT2D eigenvalue weighted by Gasteiger charge is -2.32. The Hall–Kier alpha value is -2.13. The summed E-state index contributed by atoms with van der Waals surface area (Å²) in [5.74, 6) is -0.790. The molecule has 3 rings (SSSR count). The first kappa shape index (κ1) is 20.6. The van der Waals surface area contributed by atoms with Gasteiger partial charge in [0.15, 0.2) is 0 Å². The van der Waals surface area contributed by atoms with Gasteiger partial charge in [0.2, 0.25) is 0 Å². The quantitative estimate of drug-likeness (QED) is 0.633. The average molecular weight is 399 g/mol. The van der Waals surface area contributed by atoms with Crippen molar-refractivity contribution in [2.75, 3.05) is 0 Å². The number of hydrogen-bond donors (Lipinski definition) is 1. The minimum atomic E-state index is -0.861. The van der Waals surface area contributed by atoms with Gasteiger partial charge in [-0.05, 0) is 66.6 Å². The highest BCUT2D eigenvalue weighted by Gasteiger charge is 2.41. The average Bonchev–Trinajstić information content (AvgIpc) is 2.65. The summed E-state index contributed by atoms with van der Waals surface area (Å²) in [4.78, 5) is 24.7. The minimum absolute atomic E-state index is 0.0229. The molecule has 0 unspecified atom stereocenters. The van der Waals surface area contributed by atoms with Crippen LogP contribution < -0.4 is 0 Å². The van der Waals surface area contributed by atoms with E-state index in [1.54, 1.807) is 0 Å². The second-order valence-corrected chi connectivity index (χ2v) is 8.57. The highest BCUT2D eigenvalue weighted by molar-refractivity contribution is 6.30. The number of carboxylic acid groups (broad SMARTS) is 1. The van der Waals surface area contributed by atoms with Gasteiger partial charge in [0.25, 0.3) is 0 Å². The zero-order valence-electron chi connectivity index (χ0n) is 16.6. The molecule has 0 radical (unpaired) electrons. The SMILES string of the molecule is Cc1cc(-c2ccc(Cl)cc2)cc(C)c1CC(=O)CC1(C(=O)O)CCCCC1. The number of carbonyl (C=O) groups is 2. The molecule has 0 aliphatic heterocycles. The van der Waals surface area contributed by atoms with E-state index >= 15 is 0 Å². The van der Waals surface area contributed by atoms with Crippen molar-refractivity contribution in [3.05, 3.63) is 58.1 Å². The topological polar surface area (TPSA) is 54.4 Å². The summed E-state index contributed by atoms with van der Waals surface area (Å²) in [6.45, 7) is 4.03. The Labute approximate surface area is 171 Å². The molecule has 1 aliphatic rings. The Balaban J connectivity index is 1.79. The second kappa shape index (κ2) is 8.48. The van der Waals surface area contributed by atoms with Crippen LogP contribution in [0.4, 0.5) is 0 Å². The molecule has 1 saturated carbocycles. The van der Waals surface area contributed by atoms with E-state index in [9.17, 15) is 14.7 Å². The van der Waals surface area contributed by atoms with Crippen LogP contribution in [-0.2, 0) is 16.0 Å².